The number of alkyl halides is 1. The van der Waals surface area contributed by atoms with Gasteiger partial charge in [0.15, 0.2) is 12.1 Å². The fourth-order valence-corrected chi connectivity index (χ4v) is 3.23. The highest BCUT2D eigenvalue weighted by Gasteiger charge is 2.56. The molecule has 5 nitrogen and oxygen atoms in total. The number of rotatable bonds is 5. The average Bonchev–Trinajstić information content (AvgIpc) is 2.97. The first-order valence-electron chi connectivity index (χ1n) is 7.41. The molecule has 0 unspecified atom stereocenters. The van der Waals surface area contributed by atoms with Crippen molar-refractivity contribution in [2.45, 2.75) is 56.9 Å². The Bertz CT molecular complexity index is 495. The molecule has 0 aromatic heterocycles. The fraction of sp³-hybridized carbons (Fsp3) is 0.625. The van der Waals surface area contributed by atoms with Gasteiger partial charge in [-0.2, -0.15) is 0 Å². The maximum atomic E-state index is 10.1. The van der Waals surface area contributed by atoms with Gasteiger partial charge in [0, 0.05) is 5.33 Å². The summed E-state index contributed by atoms with van der Waals surface area (Å²) >= 11 is 3.28. The number of halogens is 1. The van der Waals surface area contributed by atoms with Crippen molar-refractivity contribution in [2.75, 3.05) is 5.33 Å². The zero-order valence-electron chi connectivity index (χ0n) is 12.6. The normalized spacial score (nSPS) is 34.5. The van der Waals surface area contributed by atoms with E-state index >= 15 is 0 Å². The van der Waals surface area contributed by atoms with Gasteiger partial charge >= 0.3 is 0 Å². The molecular formula is C16H21BrO5. The highest BCUT2D eigenvalue weighted by molar-refractivity contribution is 9.09. The Morgan fingerprint density at radius 1 is 1.27 bits per heavy atom. The van der Waals surface area contributed by atoms with Crippen molar-refractivity contribution in [3.05, 3.63) is 35.9 Å². The molecule has 122 valence electrons. The molecule has 1 aromatic carbocycles. The molecule has 0 radical (unpaired) electrons. The van der Waals surface area contributed by atoms with Crippen LogP contribution in [-0.4, -0.2) is 46.9 Å². The minimum absolute atomic E-state index is 0.336. The van der Waals surface area contributed by atoms with Gasteiger partial charge in [0.1, 0.15) is 18.3 Å². The van der Waals surface area contributed by atoms with E-state index in [4.69, 9.17) is 18.9 Å². The Hall–Kier alpha value is -0.500. The molecule has 0 bridgehead atoms. The second-order valence-corrected chi connectivity index (χ2v) is 6.70. The molecule has 0 saturated carbocycles. The van der Waals surface area contributed by atoms with Gasteiger partial charge in [-0.05, 0) is 19.4 Å². The topological polar surface area (TPSA) is 57.2 Å². The molecule has 2 heterocycles. The van der Waals surface area contributed by atoms with E-state index in [1.165, 1.54) is 0 Å². The third kappa shape index (κ3) is 3.37. The van der Waals surface area contributed by atoms with E-state index in [0.717, 1.165) is 5.56 Å². The standard InChI is InChI=1S/C16H21BrO5/c1-16(2)21-14-13(19-9-10-6-4-3-5-7-10)12(11(18)8-17)20-15(14)22-16/h3-7,11-15,18H,8-9H2,1-2H3/t11-,12-,13+,14-,15-/m1/s1. The fourth-order valence-electron chi connectivity index (χ4n) is 2.86. The van der Waals surface area contributed by atoms with Gasteiger partial charge in [0.25, 0.3) is 0 Å². The zero-order chi connectivity index (χ0) is 15.7. The lowest BCUT2D eigenvalue weighted by Gasteiger charge is -2.28. The van der Waals surface area contributed by atoms with Gasteiger partial charge in [-0.25, -0.2) is 0 Å². The van der Waals surface area contributed by atoms with Gasteiger partial charge in [-0.1, -0.05) is 46.3 Å². The Balaban J connectivity index is 1.71. The molecule has 2 saturated heterocycles. The molecule has 0 spiro atoms. The first-order valence-corrected chi connectivity index (χ1v) is 8.53. The quantitative estimate of drug-likeness (QED) is 0.803. The number of fused-ring (bicyclic) bond motifs is 1. The SMILES string of the molecule is CC1(C)O[C@H]2O[C@H]([C@H](O)CBr)[C@H](OCc3ccccc3)[C@H]2O1. The highest BCUT2D eigenvalue weighted by atomic mass is 79.9. The summed E-state index contributed by atoms with van der Waals surface area (Å²) in [6.07, 6.45) is -2.37. The lowest BCUT2D eigenvalue weighted by molar-refractivity contribution is -0.228. The van der Waals surface area contributed by atoms with Crippen molar-refractivity contribution in [1.29, 1.82) is 0 Å². The molecular weight excluding hydrogens is 352 g/mol. The zero-order valence-corrected chi connectivity index (χ0v) is 14.2. The van der Waals surface area contributed by atoms with Crippen LogP contribution in [0.4, 0.5) is 0 Å². The van der Waals surface area contributed by atoms with Crippen LogP contribution in [0, 0.1) is 0 Å². The summed E-state index contributed by atoms with van der Waals surface area (Å²) in [7, 11) is 0. The number of hydrogen-bond acceptors (Lipinski definition) is 5. The summed E-state index contributed by atoms with van der Waals surface area (Å²) < 4.78 is 23.5. The van der Waals surface area contributed by atoms with Crippen molar-refractivity contribution < 1.29 is 24.1 Å². The summed E-state index contributed by atoms with van der Waals surface area (Å²) in [5, 5.41) is 10.6. The summed E-state index contributed by atoms with van der Waals surface area (Å²) in [5.74, 6) is -0.700. The van der Waals surface area contributed by atoms with Crippen molar-refractivity contribution in [2.24, 2.45) is 0 Å². The van der Waals surface area contributed by atoms with E-state index in [1.807, 2.05) is 44.2 Å². The lowest BCUT2D eigenvalue weighted by atomic mass is 10.1. The van der Waals surface area contributed by atoms with Crippen LogP contribution in [0.15, 0.2) is 30.3 Å². The lowest BCUT2D eigenvalue weighted by Crippen LogP contribution is -2.43. The minimum Gasteiger partial charge on any atom is -0.389 e. The summed E-state index contributed by atoms with van der Waals surface area (Å²) in [5.41, 5.74) is 1.07. The maximum absolute atomic E-state index is 10.1. The summed E-state index contributed by atoms with van der Waals surface area (Å²) in [6.45, 7) is 4.13. The molecule has 5 atom stereocenters. The van der Waals surface area contributed by atoms with Crippen LogP contribution in [-0.2, 0) is 25.6 Å². The smallest absolute Gasteiger partial charge is 0.190 e. The Labute approximate surface area is 138 Å². The third-order valence-corrected chi connectivity index (χ3v) is 4.51. The van der Waals surface area contributed by atoms with E-state index in [0.29, 0.717) is 11.9 Å². The predicted octanol–water partition coefficient (Wildman–Crippen LogP) is 2.20. The van der Waals surface area contributed by atoms with E-state index in [9.17, 15) is 5.11 Å². The van der Waals surface area contributed by atoms with Crippen LogP contribution in [0.5, 0.6) is 0 Å². The molecule has 0 aliphatic carbocycles. The van der Waals surface area contributed by atoms with Gasteiger partial charge in [-0.15, -0.1) is 0 Å². The second-order valence-electron chi connectivity index (χ2n) is 6.05. The van der Waals surface area contributed by atoms with Crippen molar-refractivity contribution >= 4 is 15.9 Å². The maximum Gasteiger partial charge on any atom is 0.190 e. The molecule has 1 aromatic rings. The van der Waals surface area contributed by atoms with E-state index in [2.05, 4.69) is 15.9 Å². The van der Waals surface area contributed by atoms with Crippen LogP contribution in [0.1, 0.15) is 19.4 Å². The third-order valence-electron chi connectivity index (χ3n) is 3.85. The number of ether oxygens (including phenoxy) is 4. The molecule has 2 aliphatic heterocycles. The van der Waals surface area contributed by atoms with Crippen LogP contribution in [0.2, 0.25) is 0 Å². The van der Waals surface area contributed by atoms with Crippen molar-refractivity contribution in [3.8, 4) is 0 Å². The van der Waals surface area contributed by atoms with E-state index in [-0.39, 0.29) is 12.2 Å². The van der Waals surface area contributed by atoms with Crippen molar-refractivity contribution in [1.82, 2.24) is 0 Å². The molecule has 1 N–H and O–H groups in total. The Kier molecular flexibility index (Phi) is 4.87. The van der Waals surface area contributed by atoms with Crippen LogP contribution >= 0.6 is 15.9 Å². The van der Waals surface area contributed by atoms with E-state index < -0.39 is 24.3 Å². The second kappa shape index (κ2) is 6.55. The first kappa shape index (κ1) is 16.4. The predicted molar refractivity (Wildman–Crippen MR) is 83.5 cm³/mol. The summed E-state index contributed by atoms with van der Waals surface area (Å²) in [4.78, 5) is 0. The monoisotopic (exact) mass is 372 g/mol. The van der Waals surface area contributed by atoms with E-state index in [1.54, 1.807) is 0 Å². The first-order chi connectivity index (χ1) is 10.5. The van der Waals surface area contributed by atoms with Gasteiger partial charge in [0.2, 0.25) is 0 Å². The minimum atomic E-state index is -0.700. The molecule has 3 rings (SSSR count). The van der Waals surface area contributed by atoms with Crippen LogP contribution in [0.25, 0.3) is 0 Å². The number of aliphatic hydroxyl groups excluding tert-OH is 1. The molecule has 2 fully saturated rings. The highest BCUT2D eigenvalue weighted by Crippen LogP contribution is 2.40. The number of hydrogen-bond donors (Lipinski definition) is 1. The Morgan fingerprint density at radius 3 is 2.68 bits per heavy atom. The van der Waals surface area contributed by atoms with Crippen molar-refractivity contribution in [3.63, 3.8) is 0 Å². The van der Waals surface area contributed by atoms with Gasteiger partial charge < -0.3 is 24.1 Å². The Morgan fingerprint density at radius 2 is 2.00 bits per heavy atom. The number of benzene rings is 1. The van der Waals surface area contributed by atoms with Gasteiger partial charge in [-0.3, -0.25) is 0 Å². The summed E-state index contributed by atoms with van der Waals surface area (Å²) in [6, 6.07) is 9.90. The van der Waals surface area contributed by atoms with Crippen LogP contribution < -0.4 is 0 Å². The van der Waals surface area contributed by atoms with Crippen LogP contribution in [0.3, 0.4) is 0 Å². The number of aliphatic hydroxyl groups is 1. The molecule has 0 amide bonds. The van der Waals surface area contributed by atoms with Gasteiger partial charge in [0.05, 0.1) is 12.7 Å². The average molecular weight is 373 g/mol. The molecule has 2 aliphatic rings. The molecule has 22 heavy (non-hydrogen) atoms. The molecule has 6 heteroatoms. The largest absolute Gasteiger partial charge is 0.389 e.